The summed E-state index contributed by atoms with van der Waals surface area (Å²) in [5.41, 5.74) is 6.07. The number of unbranched alkanes of at least 4 members (excludes halogenated alkanes) is 1. The lowest BCUT2D eigenvalue weighted by atomic mass is 10.1. The molecule has 86 valence electrons. The van der Waals surface area contributed by atoms with E-state index >= 15 is 0 Å². The topological polar surface area (TPSA) is 90.9 Å². The van der Waals surface area contributed by atoms with Gasteiger partial charge < -0.3 is 10.0 Å². The van der Waals surface area contributed by atoms with Crippen molar-refractivity contribution >= 4 is 6.09 Å². The van der Waals surface area contributed by atoms with Crippen molar-refractivity contribution in [3.05, 3.63) is 0 Å². The molecule has 0 aromatic heterocycles. The Morgan fingerprint density at radius 3 is 2.47 bits per heavy atom. The van der Waals surface area contributed by atoms with Crippen LogP contribution in [0.2, 0.25) is 0 Å². The summed E-state index contributed by atoms with van der Waals surface area (Å²) in [6, 6.07) is 0. The molecule has 0 saturated carbocycles. The zero-order valence-corrected chi connectivity index (χ0v) is 9.53. The van der Waals surface area contributed by atoms with Crippen LogP contribution >= 0.6 is 0 Å². The first kappa shape index (κ1) is 13.6. The van der Waals surface area contributed by atoms with E-state index in [4.69, 9.17) is 10.6 Å². The maximum Gasteiger partial charge on any atom is 0.407 e. The molecule has 0 aliphatic rings. The van der Waals surface area contributed by atoms with Gasteiger partial charge in [0, 0.05) is 12.1 Å². The average molecular weight is 215 g/mol. The van der Waals surface area contributed by atoms with E-state index in [0.717, 1.165) is 12.8 Å². The summed E-state index contributed by atoms with van der Waals surface area (Å²) in [6.45, 7) is 6.58. The van der Waals surface area contributed by atoms with E-state index in [1.807, 2.05) is 20.8 Å². The molecular weight excluding hydrogens is 196 g/mol. The molecule has 0 spiro atoms. The Hall–Kier alpha value is -1.42. The van der Waals surface area contributed by atoms with E-state index in [9.17, 15) is 4.79 Å². The summed E-state index contributed by atoms with van der Waals surface area (Å²) in [5, 5.41) is 12.5. The van der Waals surface area contributed by atoms with Gasteiger partial charge in [-0.1, -0.05) is 0 Å². The monoisotopic (exact) mass is 215 g/mol. The SMILES string of the molecule is CC(C)(C)N(CCCCN=[N+]=N)C(=O)O. The predicted octanol–water partition coefficient (Wildman–Crippen LogP) is 2.10. The van der Waals surface area contributed by atoms with E-state index < -0.39 is 6.09 Å². The third-order valence-electron chi connectivity index (χ3n) is 2.00. The van der Waals surface area contributed by atoms with Gasteiger partial charge in [-0.2, -0.15) is 0 Å². The summed E-state index contributed by atoms with van der Waals surface area (Å²) >= 11 is 0. The lowest BCUT2D eigenvalue weighted by molar-refractivity contribution is 0.0992. The standard InChI is InChI=1S/C9H18N4O2/c1-9(2,3)13(8(14)15)7-5-4-6-11-12-10/h10H,4-7H2,1-3H3/p+1. The highest BCUT2D eigenvalue weighted by atomic mass is 16.4. The Morgan fingerprint density at radius 2 is 2.07 bits per heavy atom. The first-order valence-corrected chi connectivity index (χ1v) is 4.93. The molecule has 6 heteroatoms. The maximum absolute atomic E-state index is 10.9. The zero-order valence-electron chi connectivity index (χ0n) is 9.53. The van der Waals surface area contributed by atoms with E-state index in [0.29, 0.717) is 13.1 Å². The van der Waals surface area contributed by atoms with Crippen LogP contribution in [0.1, 0.15) is 33.6 Å². The molecule has 0 saturated heterocycles. The molecule has 6 nitrogen and oxygen atoms in total. The predicted molar refractivity (Wildman–Crippen MR) is 55.9 cm³/mol. The van der Waals surface area contributed by atoms with Crippen molar-refractivity contribution in [3.63, 3.8) is 0 Å². The van der Waals surface area contributed by atoms with Crippen LogP contribution in [0.4, 0.5) is 4.79 Å². The summed E-state index contributed by atoms with van der Waals surface area (Å²) in [7, 11) is 0. The number of hydrogen-bond donors (Lipinski definition) is 2. The Balaban J connectivity index is 3.99. The van der Waals surface area contributed by atoms with Gasteiger partial charge >= 0.3 is 6.09 Å². The van der Waals surface area contributed by atoms with Crippen molar-refractivity contribution < 1.29 is 9.90 Å². The molecule has 0 heterocycles. The molecule has 0 aliphatic carbocycles. The Labute approximate surface area is 89.5 Å². The number of nitrogens with zero attached hydrogens (tertiary/aromatic N) is 3. The van der Waals surface area contributed by atoms with Crippen LogP contribution < -0.4 is 4.91 Å². The van der Waals surface area contributed by atoms with Gasteiger partial charge in [0.1, 0.15) is 17.2 Å². The average Bonchev–Trinajstić information content (AvgIpc) is 2.08. The van der Waals surface area contributed by atoms with Crippen LogP contribution in [0, 0.1) is 5.53 Å². The highest BCUT2D eigenvalue weighted by molar-refractivity contribution is 5.65. The molecule has 15 heavy (non-hydrogen) atoms. The van der Waals surface area contributed by atoms with E-state index in [1.54, 1.807) is 0 Å². The van der Waals surface area contributed by atoms with Crippen molar-refractivity contribution in [1.82, 2.24) is 9.81 Å². The molecule has 0 aromatic carbocycles. The fourth-order valence-corrected chi connectivity index (χ4v) is 1.22. The smallest absolute Gasteiger partial charge is 0.407 e. The van der Waals surface area contributed by atoms with Crippen molar-refractivity contribution in [2.24, 2.45) is 5.11 Å². The van der Waals surface area contributed by atoms with Gasteiger partial charge in [-0.15, -0.1) is 0 Å². The third-order valence-corrected chi connectivity index (χ3v) is 2.00. The summed E-state index contributed by atoms with van der Waals surface area (Å²) in [6.07, 6.45) is 0.592. The van der Waals surface area contributed by atoms with Crippen LogP contribution in [0.3, 0.4) is 0 Å². The molecule has 0 atom stereocenters. The Bertz CT molecular complexity index is 253. The van der Waals surface area contributed by atoms with Crippen LogP contribution in [0.5, 0.6) is 0 Å². The molecule has 1 amide bonds. The molecule has 0 radical (unpaired) electrons. The van der Waals surface area contributed by atoms with Gasteiger partial charge in [0.05, 0.1) is 0 Å². The van der Waals surface area contributed by atoms with Crippen molar-refractivity contribution in [2.45, 2.75) is 39.2 Å². The molecule has 0 rings (SSSR count). The summed E-state index contributed by atoms with van der Waals surface area (Å²) in [5.74, 6) is 0. The molecule has 0 bridgehead atoms. The first-order valence-electron chi connectivity index (χ1n) is 4.93. The van der Waals surface area contributed by atoms with Crippen LogP contribution in [-0.2, 0) is 0 Å². The Kier molecular flexibility index (Phi) is 5.56. The quantitative estimate of drug-likeness (QED) is 0.417. The third kappa shape index (κ3) is 5.80. The van der Waals surface area contributed by atoms with Gasteiger partial charge in [-0.05, 0) is 33.6 Å². The minimum Gasteiger partial charge on any atom is -0.465 e. The van der Waals surface area contributed by atoms with Crippen molar-refractivity contribution in [2.75, 3.05) is 13.1 Å². The van der Waals surface area contributed by atoms with Crippen LogP contribution in [0.15, 0.2) is 5.11 Å². The number of amides is 1. The fraction of sp³-hybridized carbons (Fsp3) is 0.889. The first-order chi connectivity index (χ1) is 6.89. The summed E-state index contributed by atoms with van der Waals surface area (Å²) in [4.78, 5) is 15.2. The highest BCUT2D eigenvalue weighted by Gasteiger charge is 2.25. The number of carboxylic acid groups (broad SMARTS) is 1. The van der Waals surface area contributed by atoms with E-state index in [2.05, 4.69) is 10.0 Å². The number of rotatable bonds is 5. The number of hydrogen-bond acceptors (Lipinski definition) is 3. The van der Waals surface area contributed by atoms with Crippen molar-refractivity contribution in [3.8, 4) is 0 Å². The molecule has 2 N–H and O–H groups in total. The number of nitrogens with one attached hydrogen (secondary N) is 1. The fourth-order valence-electron chi connectivity index (χ4n) is 1.22. The number of carbonyl (C=O) groups is 1. The Morgan fingerprint density at radius 1 is 1.47 bits per heavy atom. The van der Waals surface area contributed by atoms with Gasteiger partial charge in [0.2, 0.25) is 4.91 Å². The van der Waals surface area contributed by atoms with Gasteiger partial charge in [0.25, 0.3) is 0 Å². The van der Waals surface area contributed by atoms with E-state index in [1.165, 1.54) is 4.90 Å². The zero-order chi connectivity index (χ0) is 11.9. The lowest BCUT2D eigenvalue weighted by Crippen LogP contribution is -2.45. The minimum atomic E-state index is -0.899. The molecule has 0 aromatic rings. The maximum atomic E-state index is 10.9. The second kappa shape index (κ2) is 6.14. The van der Waals surface area contributed by atoms with Crippen molar-refractivity contribution in [1.29, 1.82) is 5.53 Å². The largest absolute Gasteiger partial charge is 0.465 e. The van der Waals surface area contributed by atoms with Crippen LogP contribution in [-0.4, -0.2) is 34.7 Å². The molecule has 0 unspecified atom stereocenters. The minimum absolute atomic E-state index is 0.372. The molecule has 0 aliphatic heterocycles. The molecule has 0 fully saturated rings. The van der Waals surface area contributed by atoms with Gasteiger partial charge in [0.15, 0.2) is 0 Å². The van der Waals surface area contributed by atoms with Crippen LogP contribution in [0.25, 0.3) is 0 Å². The second-order valence-electron chi connectivity index (χ2n) is 4.28. The van der Waals surface area contributed by atoms with Gasteiger partial charge in [-0.3, -0.25) is 0 Å². The summed E-state index contributed by atoms with van der Waals surface area (Å²) < 4.78 is 0. The molecular formula is C9H19N4O2+. The van der Waals surface area contributed by atoms with Gasteiger partial charge in [-0.25, -0.2) is 4.79 Å². The second-order valence-corrected chi connectivity index (χ2v) is 4.28. The van der Waals surface area contributed by atoms with E-state index in [-0.39, 0.29) is 5.54 Å². The normalized spacial score (nSPS) is 10.6. The highest BCUT2D eigenvalue weighted by Crippen LogP contribution is 2.14. The lowest BCUT2D eigenvalue weighted by Gasteiger charge is -2.33.